The summed E-state index contributed by atoms with van der Waals surface area (Å²) < 4.78 is 36.1. The molecule has 0 unspecified atom stereocenters. The highest BCUT2D eigenvalue weighted by Gasteiger charge is 2.25. The molecule has 7 nitrogen and oxygen atoms in total. The molecule has 34 heavy (non-hydrogen) atoms. The van der Waals surface area contributed by atoms with E-state index in [1.54, 1.807) is 24.3 Å². The van der Waals surface area contributed by atoms with E-state index in [0.717, 1.165) is 16.7 Å². The minimum Gasteiger partial charge on any atom is -0.481 e. The molecule has 1 aliphatic rings. The molecule has 0 amide bonds. The van der Waals surface area contributed by atoms with Crippen LogP contribution in [0.25, 0.3) is 11.1 Å². The summed E-state index contributed by atoms with van der Waals surface area (Å²) in [6.07, 6.45) is 2.52. The molecule has 0 aliphatic carbocycles. The summed E-state index contributed by atoms with van der Waals surface area (Å²) >= 11 is 0. The minimum atomic E-state index is -3.38. The van der Waals surface area contributed by atoms with E-state index in [2.05, 4.69) is 0 Å². The number of nitrogens with zero attached hydrogens (tertiary/aromatic N) is 1. The third-order valence-electron chi connectivity index (χ3n) is 5.56. The largest absolute Gasteiger partial charge is 0.481 e. The molecule has 0 atom stereocenters. The quantitative estimate of drug-likeness (QED) is 0.360. The second kappa shape index (κ2) is 10.1. The van der Waals surface area contributed by atoms with Crippen molar-refractivity contribution in [3.63, 3.8) is 0 Å². The van der Waals surface area contributed by atoms with Crippen LogP contribution >= 0.6 is 0 Å². The van der Waals surface area contributed by atoms with Crippen LogP contribution in [0.15, 0.2) is 72.8 Å². The summed E-state index contributed by atoms with van der Waals surface area (Å²) in [7, 11) is -3.38. The summed E-state index contributed by atoms with van der Waals surface area (Å²) in [4.78, 5) is 24.8. The fourth-order valence-corrected chi connectivity index (χ4v) is 4.93. The maximum Gasteiger partial charge on any atom is 0.344 e. The van der Waals surface area contributed by atoms with Crippen LogP contribution < -0.4 is 9.04 Å². The Morgan fingerprint density at radius 1 is 0.941 bits per heavy atom. The van der Waals surface area contributed by atoms with E-state index in [9.17, 15) is 18.0 Å². The first kappa shape index (κ1) is 23.5. The highest BCUT2D eigenvalue weighted by molar-refractivity contribution is 7.92. The van der Waals surface area contributed by atoms with Gasteiger partial charge in [-0.3, -0.25) is 9.10 Å². The Hall–Kier alpha value is -3.65. The number of ether oxygens (including phenoxy) is 2. The van der Waals surface area contributed by atoms with Gasteiger partial charge in [-0.15, -0.1) is 0 Å². The Morgan fingerprint density at radius 2 is 1.68 bits per heavy atom. The monoisotopic (exact) mass is 479 g/mol. The zero-order valence-corrected chi connectivity index (χ0v) is 19.6. The molecule has 0 N–H and O–H groups in total. The normalized spacial score (nSPS) is 13.1. The average Bonchev–Trinajstić information content (AvgIpc) is 2.85. The van der Waals surface area contributed by atoms with Crippen molar-refractivity contribution in [2.75, 3.05) is 30.3 Å². The molecule has 0 spiro atoms. The standard InChI is InChI=1S/C26H25NO6S/c1-34(30,31)27-15-7-10-20-16-21(13-14-23(20)27)24(28)17-33-26(29)18-32-25-12-6-5-11-22(25)19-8-3-2-4-9-19/h2-6,8-9,11-14,16H,7,10,15,17-18H2,1H3. The Bertz CT molecular complexity index is 1300. The van der Waals surface area contributed by atoms with Gasteiger partial charge in [0.05, 0.1) is 11.9 Å². The van der Waals surface area contributed by atoms with Gasteiger partial charge in [-0.2, -0.15) is 0 Å². The first-order chi connectivity index (χ1) is 16.3. The number of anilines is 1. The van der Waals surface area contributed by atoms with E-state index in [1.165, 1.54) is 10.6 Å². The zero-order chi connectivity index (χ0) is 24.1. The summed E-state index contributed by atoms with van der Waals surface area (Å²) in [6.45, 7) is -0.328. The molecule has 8 heteroatoms. The van der Waals surface area contributed by atoms with E-state index in [1.807, 2.05) is 48.5 Å². The molecule has 4 rings (SSSR count). The number of hydrogen-bond acceptors (Lipinski definition) is 6. The van der Waals surface area contributed by atoms with Crippen LogP contribution in [0, 0.1) is 0 Å². The smallest absolute Gasteiger partial charge is 0.344 e. The van der Waals surface area contributed by atoms with Gasteiger partial charge < -0.3 is 9.47 Å². The highest BCUT2D eigenvalue weighted by Crippen LogP contribution is 2.31. The number of hydrogen-bond donors (Lipinski definition) is 0. The van der Waals surface area contributed by atoms with Crippen LogP contribution in [0.1, 0.15) is 22.3 Å². The molecule has 1 aliphatic heterocycles. The molecule has 1 heterocycles. The number of ketones is 1. The van der Waals surface area contributed by atoms with Gasteiger partial charge in [0, 0.05) is 17.7 Å². The second-order valence-corrected chi connectivity index (χ2v) is 9.92. The van der Waals surface area contributed by atoms with Crippen LogP contribution in [0.3, 0.4) is 0 Å². The number of rotatable bonds is 8. The number of aryl methyl sites for hydroxylation is 1. The number of para-hydroxylation sites is 1. The third-order valence-corrected chi connectivity index (χ3v) is 6.74. The van der Waals surface area contributed by atoms with Gasteiger partial charge in [0.15, 0.2) is 19.0 Å². The summed E-state index contributed by atoms with van der Waals surface area (Å²) in [5, 5.41) is 0. The fourth-order valence-electron chi connectivity index (χ4n) is 3.94. The van der Waals surface area contributed by atoms with Gasteiger partial charge in [-0.1, -0.05) is 48.5 Å². The Labute approximate surface area is 199 Å². The highest BCUT2D eigenvalue weighted by atomic mass is 32.2. The molecule has 3 aromatic rings. The van der Waals surface area contributed by atoms with Crippen molar-refractivity contribution >= 4 is 27.5 Å². The van der Waals surface area contributed by atoms with Crippen molar-refractivity contribution in [2.45, 2.75) is 12.8 Å². The van der Waals surface area contributed by atoms with Gasteiger partial charge in [-0.25, -0.2) is 13.2 Å². The molecule has 3 aromatic carbocycles. The van der Waals surface area contributed by atoms with Crippen molar-refractivity contribution in [1.29, 1.82) is 0 Å². The fraction of sp³-hybridized carbons (Fsp3) is 0.231. The Balaban J connectivity index is 1.35. The Morgan fingerprint density at radius 3 is 2.44 bits per heavy atom. The first-order valence-corrected chi connectivity index (χ1v) is 12.7. The molecule has 0 saturated carbocycles. The molecular weight excluding hydrogens is 454 g/mol. The number of carbonyl (C=O) groups is 2. The summed E-state index contributed by atoms with van der Waals surface area (Å²) in [5.74, 6) is -0.475. The van der Waals surface area contributed by atoms with E-state index in [4.69, 9.17) is 9.47 Å². The zero-order valence-electron chi connectivity index (χ0n) is 18.8. The topological polar surface area (TPSA) is 90.0 Å². The van der Waals surface area contributed by atoms with E-state index >= 15 is 0 Å². The van der Waals surface area contributed by atoms with Crippen LogP contribution in [-0.2, 0) is 26.0 Å². The van der Waals surface area contributed by atoms with Crippen molar-refractivity contribution < 1.29 is 27.5 Å². The lowest BCUT2D eigenvalue weighted by Crippen LogP contribution is -2.34. The minimum absolute atomic E-state index is 0.329. The predicted octanol–water partition coefficient (Wildman–Crippen LogP) is 3.87. The lowest BCUT2D eigenvalue weighted by molar-refractivity contribution is -0.144. The van der Waals surface area contributed by atoms with E-state index in [-0.39, 0.29) is 12.4 Å². The van der Waals surface area contributed by atoms with Gasteiger partial charge >= 0.3 is 5.97 Å². The SMILES string of the molecule is CS(=O)(=O)N1CCCc2cc(C(=O)COC(=O)COc3ccccc3-c3ccccc3)ccc21. The van der Waals surface area contributed by atoms with Crippen LogP contribution in [0.4, 0.5) is 5.69 Å². The van der Waals surface area contributed by atoms with Crippen molar-refractivity contribution in [3.8, 4) is 16.9 Å². The third kappa shape index (κ3) is 5.46. The van der Waals surface area contributed by atoms with Crippen LogP contribution in [0.2, 0.25) is 0 Å². The lowest BCUT2D eigenvalue weighted by atomic mass is 9.99. The molecule has 0 fully saturated rings. The van der Waals surface area contributed by atoms with Crippen molar-refractivity contribution in [3.05, 3.63) is 83.9 Å². The predicted molar refractivity (Wildman–Crippen MR) is 130 cm³/mol. The number of fused-ring (bicyclic) bond motifs is 1. The van der Waals surface area contributed by atoms with Gasteiger partial charge in [0.1, 0.15) is 5.75 Å². The summed E-state index contributed by atoms with van der Waals surface area (Å²) in [6, 6.07) is 21.9. The molecule has 0 radical (unpaired) electrons. The van der Waals surface area contributed by atoms with Crippen LogP contribution in [-0.4, -0.2) is 46.2 Å². The number of carbonyl (C=O) groups excluding carboxylic acids is 2. The van der Waals surface area contributed by atoms with E-state index < -0.39 is 22.6 Å². The number of Topliss-reactive ketones (excluding diaryl/α,β-unsaturated/α-hetero) is 1. The lowest BCUT2D eigenvalue weighted by Gasteiger charge is -2.29. The average molecular weight is 480 g/mol. The molecule has 0 saturated heterocycles. The Kier molecular flexibility index (Phi) is 6.98. The van der Waals surface area contributed by atoms with Crippen molar-refractivity contribution in [2.24, 2.45) is 0 Å². The first-order valence-electron chi connectivity index (χ1n) is 10.9. The van der Waals surface area contributed by atoms with Gasteiger partial charge in [0.2, 0.25) is 10.0 Å². The molecule has 176 valence electrons. The number of benzene rings is 3. The van der Waals surface area contributed by atoms with E-state index in [0.29, 0.717) is 36.4 Å². The summed E-state index contributed by atoms with van der Waals surface area (Å²) in [5.41, 5.74) is 3.56. The second-order valence-electron chi connectivity index (χ2n) is 8.02. The number of esters is 1. The van der Waals surface area contributed by atoms with Crippen molar-refractivity contribution in [1.82, 2.24) is 0 Å². The number of sulfonamides is 1. The maximum absolute atomic E-state index is 12.6. The molecule has 0 aromatic heterocycles. The van der Waals surface area contributed by atoms with Gasteiger partial charge in [0.25, 0.3) is 0 Å². The van der Waals surface area contributed by atoms with Gasteiger partial charge in [-0.05, 0) is 48.2 Å². The van der Waals surface area contributed by atoms with Crippen LogP contribution in [0.5, 0.6) is 5.75 Å². The molecular formula is C26H25NO6S. The maximum atomic E-state index is 12.6. The molecule has 0 bridgehead atoms.